The molecule has 0 unspecified atom stereocenters. The van der Waals surface area contributed by atoms with Gasteiger partial charge in [-0.05, 0) is 24.6 Å². The molecule has 1 aliphatic heterocycles. The van der Waals surface area contributed by atoms with Gasteiger partial charge in [-0.25, -0.2) is 0 Å². The number of hydrogen-bond acceptors (Lipinski definition) is 5. The Hall–Kier alpha value is -1.75. The van der Waals surface area contributed by atoms with Crippen LogP contribution in [0.25, 0.3) is 0 Å². The average molecular weight is 238 g/mol. The van der Waals surface area contributed by atoms with Crippen LogP contribution in [0.5, 0.6) is 11.5 Å². The highest BCUT2D eigenvalue weighted by molar-refractivity contribution is 5.70. The molecule has 0 fully saturated rings. The zero-order chi connectivity index (χ0) is 12.3. The Bertz CT molecular complexity index is 415. The van der Waals surface area contributed by atoms with Crippen molar-refractivity contribution in [3.05, 3.63) is 23.8 Å². The molecule has 1 heterocycles. The van der Waals surface area contributed by atoms with Gasteiger partial charge in [0.2, 0.25) is 6.79 Å². The Morgan fingerprint density at radius 3 is 3.00 bits per heavy atom. The molecule has 0 aliphatic carbocycles. The van der Waals surface area contributed by atoms with Gasteiger partial charge in [-0.3, -0.25) is 4.79 Å². The first-order valence-corrected chi connectivity index (χ1v) is 5.44. The van der Waals surface area contributed by atoms with Crippen LogP contribution in [0.3, 0.4) is 0 Å². The van der Waals surface area contributed by atoms with Crippen LogP contribution in [0.15, 0.2) is 18.2 Å². The second-order valence-electron chi connectivity index (χ2n) is 3.64. The fraction of sp³-hybridized carbons (Fsp3) is 0.417. The lowest BCUT2D eigenvalue weighted by Gasteiger charge is -2.10. The van der Waals surface area contributed by atoms with Crippen molar-refractivity contribution < 1.29 is 24.1 Å². The van der Waals surface area contributed by atoms with E-state index in [0.717, 1.165) is 0 Å². The molecule has 0 bridgehead atoms. The lowest BCUT2D eigenvalue weighted by Crippen LogP contribution is -2.09. The molecule has 5 heteroatoms. The lowest BCUT2D eigenvalue weighted by atomic mass is 10.1. The summed E-state index contributed by atoms with van der Waals surface area (Å²) in [5, 5.41) is 9.85. The van der Waals surface area contributed by atoms with E-state index in [4.69, 9.17) is 14.2 Å². The van der Waals surface area contributed by atoms with Gasteiger partial charge in [-0.15, -0.1) is 0 Å². The van der Waals surface area contributed by atoms with E-state index in [1.807, 2.05) is 0 Å². The minimum atomic E-state index is -0.886. The van der Waals surface area contributed by atoms with E-state index in [-0.39, 0.29) is 13.2 Å². The van der Waals surface area contributed by atoms with Crippen LogP contribution >= 0.6 is 0 Å². The number of rotatable bonds is 4. The summed E-state index contributed by atoms with van der Waals surface area (Å²) in [6, 6.07) is 5.09. The van der Waals surface area contributed by atoms with Gasteiger partial charge < -0.3 is 19.3 Å². The number of benzene rings is 1. The number of aliphatic hydroxyl groups excluding tert-OH is 1. The smallest absolute Gasteiger partial charge is 0.308 e. The van der Waals surface area contributed by atoms with Crippen LogP contribution in [0, 0.1) is 0 Å². The van der Waals surface area contributed by atoms with Crippen LogP contribution < -0.4 is 9.47 Å². The molecule has 0 saturated carbocycles. The third-order valence-electron chi connectivity index (χ3n) is 2.45. The van der Waals surface area contributed by atoms with Crippen LogP contribution in [0.2, 0.25) is 0 Å². The van der Waals surface area contributed by atoms with Crippen molar-refractivity contribution in [3.63, 3.8) is 0 Å². The average Bonchev–Trinajstić information content (AvgIpc) is 2.75. The predicted octanol–water partition coefficient (Wildman–Crippen LogP) is 1.40. The van der Waals surface area contributed by atoms with Crippen molar-refractivity contribution in [1.29, 1.82) is 0 Å². The Morgan fingerprint density at radius 1 is 1.47 bits per heavy atom. The number of carbonyl (C=O) groups is 1. The van der Waals surface area contributed by atoms with Crippen molar-refractivity contribution in [1.82, 2.24) is 0 Å². The molecule has 0 radical (unpaired) electrons. The van der Waals surface area contributed by atoms with E-state index in [9.17, 15) is 9.90 Å². The SMILES string of the molecule is CCOC(=O)C[C@H](O)c1ccc2c(c1)OCO2. The summed E-state index contributed by atoms with van der Waals surface area (Å²) in [4.78, 5) is 11.2. The van der Waals surface area contributed by atoms with Gasteiger partial charge in [0, 0.05) is 0 Å². The maximum Gasteiger partial charge on any atom is 0.308 e. The zero-order valence-electron chi connectivity index (χ0n) is 9.51. The third-order valence-corrected chi connectivity index (χ3v) is 2.45. The molecule has 1 N–H and O–H groups in total. The number of carbonyl (C=O) groups excluding carboxylic acids is 1. The molecular weight excluding hydrogens is 224 g/mol. The van der Waals surface area contributed by atoms with Crippen molar-refractivity contribution >= 4 is 5.97 Å². The molecule has 1 aromatic rings. The van der Waals surface area contributed by atoms with E-state index >= 15 is 0 Å². The minimum Gasteiger partial charge on any atom is -0.466 e. The van der Waals surface area contributed by atoms with Gasteiger partial charge >= 0.3 is 5.97 Å². The van der Waals surface area contributed by atoms with Gasteiger partial charge in [-0.2, -0.15) is 0 Å². The maximum absolute atomic E-state index is 11.2. The van der Waals surface area contributed by atoms with Crippen molar-refractivity contribution in [2.75, 3.05) is 13.4 Å². The van der Waals surface area contributed by atoms with Crippen molar-refractivity contribution in [2.45, 2.75) is 19.4 Å². The van der Waals surface area contributed by atoms with Crippen LogP contribution in [0.1, 0.15) is 25.0 Å². The van der Waals surface area contributed by atoms with Gasteiger partial charge in [0.15, 0.2) is 11.5 Å². The highest BCUT2D eigenvalue weighted by Gasteiger charge is 2.18. The van der Waals surface area contributed by atoms with E-state index in [2.05, 4.69) is 0 Å². The van der Waals surface area contributed by atoms with E-state index in [1.165, 1.54) is 0 Å². The summed E-state index contributed by atoms with van der Waals surface area (Å²) < 4.78 is 15.1. The van der Waals surface area contributed by atoms with E-state index in [1.54, 1.807) is 25.1 Å². The third kappa shape index (κ3) is 2.68. The molecule has 2 rings (SSSR count). The first-order valence-electron chi connectivity index (χ1n) is 5.44. The van der Waals surface area contributed by atoms with E-state index < -0.39 is 12.1 Å². The second-order valence-corrected chi connectivity index (χ2v) is 3.64. The molecule has 0 amide bonds. The van der Waals surface area contributed by atoms with Gasteiger partial charge in [0.1, 0.15) is 0 Å². The first-order chi connectivity index (χ1) is 8.20. The molecule has 5 nitrogen and oxygen atoms in total. The molecule has 0 saturated heterocycles. The fourth-order valence-corrected chi connectivity index (χ4v) is 1.62. The van der Waals surface area contributed by atoms with Crippen LogP contribution in [-0.4, -0.2) is 24.5 Å². The zero-order valence-corrected chi connectivity index (χ0v) is 9.51. The highest BCUT2D eigenvalue weighted by Crippen LogP contribution is 2.34. The molecular formula is C12H14O5. The summed E-state index contributed by atoms with van der Waals surface area (Å²) in [6.07, 6.45) is -0.948. The fourth-order valence-electron chi connectivity index (χ4n) is 1.62. The molecule has 0 spiro atoms. The summed E-state index contributed by atoms with van der Waals surface area (Å²) in [5.41, 5.74) is 0.613. The lowest BCUT2D eigenvalue weighted by molar-refractivity contribution is -0.145. The molecule has 1 atom stereocenters. The molecule has 92 valence electrons. The van der Waals surface area contributed by atoms with E-state index in [0.29, 0.717) is 23.7 Å². The Labute approximate surface area is 98.9 Å². The normalized spacial score (nSPS) is 14.5. The van der Waals surface area contributed by atoms with Gasteiger partial charge in [0.25, 0.3) is 0 Å². The quantitative estimate of drug-likeness (QED) is 0.803. The molecule has 1 aromatic carbocycles. The van der Waals surface area contributed by atoms with Crippen LogP contribution in [0.4, 0.5) is 0 Å². The molecule has 17 heavy (non-hydrogen) atoms. The minimum absolute atomic E-state index is 0.0620. The highest BCUT2D eigenvalue weighted by atomic mass is 16.7. The van der Waals surface area contributed by atoms with Gasteiger partial charge in [-0.1, -0.05) is 6.07 Å². The number of aliphatic hydroxyl groups is 1. The largest absolute Gasteiger partial charge is 0.466 e. The Balaban J connectivity index is 2.04. The predicted molar refractivity (Wildman–Crippen MR) is 58.8 cm³/mol. The monoisotopic (exact) mass is 238 g/mol. The Kier molecular flexibility index (Phi) is 3.49. The van der Waals surface area contributed by atoms with Gasteiger partial charge in [0.05, 0.1) is 19.1 Å². The topological polar surface area (TPSA) is 65.0 Å². The maximum atomic E-state index is 11.2. The van der Waals surface area contributed by atoms with Crippen molar-refractivity contribution in [2.24, 2.45) is 0 Å². The number of fused-ring (bicyclic) bond motifs is 1. The number of hydrogen-bond donors (Lipinski definition) is 1. The summed E-state index contributed by atoms with van der Waals surface area (Å²) in [5.74, 6) is 0.820. The second kappa shape index (κ2) is 5.05. The standard InChI is InChI=1S/C12H14O5/c1-2-15-12(14)6-9(13)8-3-4-10-11(5-8)17-7-16-10/h3-5,9,13H,2,6-7H2,1H3/t9-/m0/s1. The first kappa shape index (κ1) is 11.7. The summed E-state index contributed by atoms with van der Waals surface area (Å²) in [7, 11) is 0. The van der Waals surface area contributed by atoms with Crippen molar-refractivity contribution in [3.8, 4) is 11.5 Å². The Morgan fingerprint density at radius 2 is 2.24 bits per heavy atom. The molecule has 0 aromatic heterocycles. The van der Waals surface area contributed by atoms with Crippen LogP contribution in [-0.2, 0) is 9.53 Å². The summed E-state index contributed by atoms with van der Waals surface area (Å²) in [6.45, 7) is 2.23. The number of esters is 1. The summed E-state index contributed by atoms with van der Waals surface area (Å²) >= 11 is 0. The number of ether oxygens (including phenoxy) is 3. The molecule has 1 aliphatic rings.